The molecular weight excluding hydrogens is 613 g/mol. The maximum atomic E-state index is 14.9. The molecule has 6 rings (SSSR count). The van der Waals surface area contributed by atoms with Crippen LogP contribution in [0.5, 0.6) is 23.0 Å². The predicted octanol–water partition coefficient (Wildman–Crippen LogP) is 5.41. The van der Waals surface area contributed by atoms with Gasteiger partial charge >= 0.3 is 0 Å². The standard InChI is InChI=1S/C38H42FN3O6/c1-42-17-15-38(16-18-42,27-7-3-2-4-8-27)30-20-25(9-13-32(30)43)6-5-19-47-28-11-10-26(31(39)21-28)22-40-23-34(45)29-12-14-33(44)36-37(29)48-24-35(46)41-36/h2-4,7-14,20-21,34,40,43-45H,5-6,15-19,22-24H2,1H3,(H,41,46)/t34-/m0/s1. The number of amides is 1. The van der Waals surface area contributed by atoms with E-state index in [2.05, 4.69) is 52.9 Å². The zero-order valence-electron chi connectivity index (χ0n) is 27.0. The third kappa shape index (κ3) is 7.26. The molecular formula is C38H42FN3O6. The fourth-order valence-corrected chi connectivity index (χ4v) is 6.71. The van der Waals surface area contributed by atoms with Crippen LogP contribution < -0.4 is 20.1 Å². The number of fused-ring (bicyclic) bond motifs is 1. The minimum Gasteiger partial charge on any atom is -0.508 e. The van der Waals surface area contributed by atoms with Gasteiger partial charge in [-0.25, -0.2) is 4.39 Å². The minimum absolute atomic E-state index is 0.0920. The summed E-state index contributed by atoms with van der Waals surface area (Å²) in [6.07, 6.45) is 2.33. The number of carbonyl (C=O) groups is 1. The van der Waals surface area contributed by atoms with E-state index in [1.54, 1.807) is 18.2 Å². The number of aromatic hydroxyl groups is 2. The first-order valence-corrected chi connectivity index (χ1v) is 16.4. The molecule has 9 nitrogen and oxygen atoms in total. The maximum absolute atomic E-state index is 14.9. The lowest BCUT2D eigenvalue weighted by Gasteiger charge is -2.42. The van der Waals surface area contributed by atoms with Gasteiger partial charge in [0, 0.05) is 41.3 Å². The van der Waals surface area contributed by atoms with Crippen molar-refractivity contribution in [1.82, 2.24) is 10.2 Å². The summed E-state index contributed by atoms with van der Waals surface area (Å²) in [7, 11) is 2.14. The number of phenolic OH excluding ortho intramolecular Hbond substituents is 2. The van der Waals surface area contributed by atoms with E-state index in [4.69, 9.17) is 9.47 Å². The second kappa shape index (κ2) is 14.6. The molecule has 1 fully saturated rings. The molecule has 1 atom stereocenters. The number of halogens is 1. The summed E-state index contributed by atoms with van der Waals surface area (Å²) in [5.74, 6) is 0.0152. The Morgan fingerprint density at radius 2 is 1.79 bits per heavy atom. The number of aryl methyl sites for hydroxylation is 1. The predicted molar refractivity (Wildman–Crippen MR) is 181 cm³/mol. The zero-order valence-corrected chi connectivity index (χ0v) is 27.0. The van der Waals surface area contributed by atoms with Crippen molar-refractivity contribution in [2.75, 3.05) is 45.2 Å². The summed E-state index contributed by atoms with van der Waals surface area (Å²) in [4.78, 5) is 14.0. The number of piperidine rings is 1. The molecule has 1 amide bonds. The Kier molecular flexibility index (Phi) is 10.1. The van der Waals surface area contributed by atoms with E-state index in [0.29, 0.717) is 29.2 Å². The number of phenols is 2. The normalized spacial score (nSPS) is 16.4. The van der Waals surface area contributed by atoms with Gasteiger partial charge in [-0.15, -0.1) is 0 Å². The van der Waals surface area contributed by atoms with Gasteiger partial charge in [0.15, 0.2) is 12.4 Å². The Balaban J connectivity index is 1.01. The first-order chi connectivity index (χ1) is 23.2. The van der Waals surface area contributed by atoms with E-state index >= 15 is 0 Å². The Bertz CT molecular complexity index is 1740. The molecule has 4 aromatic carbocycles. The van der Waals surface area contributed by atoms with Gasteiger partial charge < -0.3 is 40.3 Å². The van der Waals surface area contributed by atoms with Crippen molar-refractivity contribution in [1.29, 1.82) is 0 Å². The number of anilines is 1. The maximum Gasteiger partial charge on any atom is 0.262 e. The highest BCUT2D eigenvalue weighted by Crippen LogP contribution is 2.45. The molecule has 2 heterocycles. The van der Waals surface area contributed by atoms with Crippen LogP contribution in [0.15, 0.2) is 78.9 Å². The van der Waals surface area contributed by atoms with Gasteiger partial charge in [0.2, 0.25) is 0 Å². The number of nitrogens with zero attached hydrogens (tertiary/aromatic N) is 1. The average molecular weight is 656 g/mol. The van der Waals surface area contributed by atoms with E-state index in [0.717, 1.165) is 49.9 Å². The molecule has 0 unspecified atom stereocenters. The lowest BCUT2D eigenvalue weighted by molar-refractivity contribution is -0.118. The SMILES string of the molecule is CN1CCC(c2ccccc2)(c2cc(CCCOc3ccc(CNC[C@H](O)c4ccc(O)c5c4OCC(=O)N5)c(F)c3)ccc2O)CC1. The monoisotopic (exact) mass is 655 g/mol. The number of benzene rings is 4. The fraction of sp³-hybridized carbons (Fsp3) is 0.342. The molecule has 252 valence electrons. The molecule has 0 bridgehead atoms. The van der Waals surface area contributed by atoms with Gasteiger partial charge in [0.25, 0.3) is 5.91 Å². The van der Waals surface area contributed by atoms with E-state index in [9.17, 15) is 24.5 Å². The van der Waals surface area contributed by atoms with E-state index < -0.39 is 17.8 Å². The number of carbonyl (C=O) groups excluding carboxylic acids is 1. The molecule has 10 heteroatoms. The van der Waals surface area contributed by atoms with Gasteiger partial charge in [0.05, 0.1) is 12.7 Å². The molecule has 1 saturated heterocycles. The lowest BCUT2D eigenvalue weighted by Crippen LogP contribution is -2.41. The number of hydrogen-bond donors (Lipinski definition) is 5. The van der Waals surface area contributed by atoms with E-state index in [1.165, 1.54) is 23.8 Å². The number of ether oxygens (including phenoxy) is 2. The van der Waals surface area contributed by atoms with Gasteiger partial charge in [-0.2, -0.15) is 0 Å². The molecule has 5 N–H and O–H groups in total. The van der Waals surface area contributed by atoms with Crippen LogP contribution in [0.25, 0.3) is 0 Å². The smallest absolute Gasteiger partial charge is 0.262 e. The van der Waals surface area contributed by atoms with Crippen molar-refractivity contribution in [2.45, 2.75) is 43.7 Å². The highest BCUT2D eigenvalue weighted by molar-refractivity contribution is 5.97. The van der Waals surface area contributed by atoms with Crippen LogP contribution >= 0.6 is 0 Å². The van der Waals surface area contributed by atoms with Gasteiger partial charge in [0.1, 0.15) is 28.8 Å². The minimum atomic E-state index is -1.02. The summed E-state index contributed by atoms with van der Waals surface area (Å²) in [6.45, 7) is 2.37. The van der Waals surface area contributed by atoms with Crippen LogP contribution in [-0.4, -0.2) is 66.0 Å². The number of aliphatic hydroxyl groups is 1. The molecule has 0 spiro atoms. The van der Waals surface area contributed by atoms with E-state index in [1.807, 2.05) is 12.1 Å². The van der Waals surface area contributed by atoms with Crippen LogP contribution in [0.1, 0.15) is 53.2 Å². The average Bonchev–Trinajstić information content (AvgIpc) is 3.09. The Morgan fingerprint density at radius 1 is 1.02 bits per heavy atom. The summed E-state index contributed by atoms with van der Waals surface area (Å²) in [6, 6.07) is 24.1. The number of nitrogens with one attached hydrogen (secondary N) is 2. The van der Waals surface area contributed by atoms with Crippen LogP contribution in [0.4, 0.5) is 10.1 Å². The van der Waals surface area contributed by atoms with Gasteiger partial charge in [-0.1, -0.05) is 48.5 Å². The molecule has 4 aromatic rings. The van der Waals surface area contributed by atoms with Gasteiger partial charge in [-0.3, -0.25) is 4.79 Å². The number of aliphatic hydroxyl groups excluding tert-OH is 1. The molecule has 0 radical (unpaired) electrons. The lowest BCUT2D eigenvalue weighted by atomic mass is 9.67. The molecule has 0 aliphatic carbocycles. The third-order valence-electron chi connectivity index (χ3n) is 9.44. The van der Waals surface area contributed by atoms with Crippen molar-refractivity contribution in [3.63, 3.8) is 0 Å². The quantitative estimate of drug-likeness (QED) is 0.101. The molecule has 0 aromatic heterocycles. The Labute approximate surface area is 279 Å². The van der Waals surface area contributed by atoms with Crippen LogP contribution in [0.3, 0.4) is 0 Å². The fourth-order valence-electron chi connectivity index (χ4n) is 6.71. The molecule has 2 aliphatic heterocycles. The second-order valence-electron chi connectivity index (χ2n) is 12.7. The summed E-state index contributed by atoms with van der Waals surface area (Å²) >= 11 is 0. The van der Waals surface area contributed by atoms with Crippen LogP contribution in [0, 0.1) is 5.82 Å². The third-order valence-corrected chi connectivity index (χ3v) is 9.44. The highest BCUT2D eigenvalue weighted by atomic mass is 19.1. The van der Waals surface area contributed by atoms with Crippen molar-refractivity contribution in [3.05, 3.63) is 112 Å². The summed E-state index contributed by atoms with van der Waals surface area (Å²) < 4.78 is 26.3. The molecule has 0 saturated carbocycles. The van der Waals surface area contributed by atoms with Gasteiger partial charge in [-0.05, 0) is 81.2 Å². The van der Waals surface area contributed by atoms with Crippen molar-refractivity contribution in [3.8, 4) is 23.0 Å². The first-order valence-electron chi connectivity index (χ1n) is 16.4. The number of likely N-dealkylation sites (tertiary alicyclic amines) is 1. The number of hydrogen-bond acceptors (Lipinski definition) is 8. The Morgan fingerprint density at radius 3 is 2.56 bits per heavy atom. The zero-order chi connectivity index (χ0) is 33.7. The summed E-state index contributed by atoms with van der Waals surface area (Å²) in [5, 5.41) is 37.4. The van der Waals surface area contributed by atoms with Crippen LogP contribution in [-0.2, 0) is 23.2 Å². The van der Waals surface area contributed by atoms with Crippen molar-refractivity contribution >= 4 is 11.6 Å². The van der Waals surface area contributed by atoms with E-state index in [-0.39, 0.29) is 42.3 Å². The summed E-state index contributed by atoms with van der Waals surface area (Å²) in [5.41, 5.74) is 4.04. The largest absolute Gasteiger partial charge is 0.508 e. The second-order valence-corrected chi connectivity index (χ2v) is 12.7. The Hall–Kier alpha value is -4.64. The number of rotatable bonds is 12. The first kappa shape index (κ1) is 33.3. The highest BCUT2D eigenvalue weighted by Gasteiger charge is 2.39. The van der Waals surface area contributed by atoms with Crippen molar-refractivity contribution in [2.24, 2.45) is 0 Å². The van der Waals surface area contributed by atoms with Crippen LogP contribution in [0.2, 0.25) is 0 Å². The topological polar surface area (TPSA) is 124 Å². The van der Waals surface area contributed by atoms with Crippen molar-refractivity contribution < 1.29 is 34.0 Å². The molecule has 48 heavy (non-hydrogen) atoms. The molecule has 2 aliphatic rings.